The van der Waals surface area contributed by atoms with Crippen molar-refractivity contribution in [2.45, 2.75) is 6.54 Å². The Bertz CT molecular complexity index is 1270. The molecule has 1 fully saturated rings. The molecule has 8 nitrogen and oxygen atoms in total. The first-order valence-electron chi connectivity index (χ1n) is 10.8. The van der Waals surface area contributed by atoms with Gasteiger partial charge >= 0.3 is 0 Å². The highest BCUT2D eigenvalue weighted by Crippen LogP contribution is 2.20. The Balaban J connectivity index is 1.14. The lowest BCUT2D eigenvalue weighted by Crippen LogP contribution is -2.49. The lowest BCUT2D eigenvalue weighted by atomic mass is 10.1. The van der Waals surface area contributed by atoms with Crippen molar-refractivity contribution >= 4 is 16.7 Å². The molecule has 4 aromatic rings. The molecule has 5 rings (SSSR count). The van der Waals surface area contributed by atoms with Gasteiger partial charge in [-0.1, -0.05) is 36.4 Å². The molecule has 1 saturated heterocycles. The highest BCUT2D eigenvalue weighted by molar-refractivity contribution is 5.84. The number of rotatable bonds is 6. The van der Waals surface area contributed by atoms with Crippen LogP contribution in [0.15, 0.2) is 66.7 Å². The topological polar surface area (TPSA) is 76.4 Å². The van der Waals surface area contributed by atoms with Crippen molar-refractivity contribution in [1.82, 2.24) is 30.0 Å². The van der Waals surface area contributed by atoms with Crippen molar-refractivity contribution in [2.75, 3.05) is 32.8 Å². The van der Waals surface area contributed by atoms with Gasteiger partial charge in [-0.3, -0.25) is 9.69 Å². The summed E-state index contributed by atoms with van der Waals surface area (Å²) in [5.74, 6) is 0.935. The SMILES string of the molecule is O=C(COc1ccc2ccccc2c1)N1CCN(Cc2nnnn2-c2cccc(F)c2)CC1. The number of piperazine rings is 1. The van der Waals surface area contributed by atoms with Crippen molar-refractivity contribution < 1.29 is 13.9 Å². The van der Waals surface area contributed by atoms with E-state index in [1.807, 2.05) is 47.4 Å². The first kappa shape index (κ1) is 21.0. The zero-order valence-corrected chi connectivity index (χ0v) is 18.0. The third kappa shape index (κ3) is 4.83. The lowest BCUT2D eigenvalue weighted by Gasteiger charge is -2.34. The number of halogens is 1. The molecule has 3 aromatic carbocycles. The Kier molecular flexibility index (Phi) is 5.95. The third-order valence-electron chi connectivity index (χ3n) is 5.76. The summed E-state index contributed by atoms with van der Waals surface area (Å²) in [5, 5.41) is 14.0. The van der Waals surface area contributed by atoms with E-state index in [2.05, 4.69) is 20.4 Å². The minimum Gasteiger partial charge on any atom is -0.484 e. The molecule has 0 N–H and O–H groups in total. The van der Waals surface area contributed by atoms with Crippen molar-refractivity contribution in [3.63, 3.8) is 0 Å². The van der Waals surface area contributed by atoms with Gasteiger partial charge in [-0.2, -0.15) is 4.68 Å². The molecule has 33 heavy (non-hydrogen) atoms. The Morgan fingerprint density at radius 3 is 2.58 bits per heavy atom. The summed E-state index contributed by atoms with van der Waals surface area (Å²) >= 11 is 0. The number of amides is 1. The maximum absolute atomic E-state index is 13.6. The number of benzene rings is 3. The van der Waals surface area contributed by atoms with Crippen LogP contribution in [0.4, 0.5) is 4.39 Å². The van der Waals surface area contributed by atoms with Crippen molar-refractivity contribution in [3.8, 4) is 11.4 Å². The zero-order valence-electron chi connectivity index (χ0n) is 18.0. The Labute approximate surface area is 190 Å². The summed E-state index contributed by atoms with van der Waals surface area (Å²) < 4.78 is 20.9. The lowest BCUT2D eigenvalue weighted by molar-refractivity contribution is -0.135. The molecule has 168 valence electrons. The summed E-state index contributed by atoms with van der Waals surface area (Å²) in [6, 6.07) is 20.0. The number of tetrazole rings is 1. The van der Waals surface area contributed by atoms with Crippen LogP contribution in [0.1, 0.15) is 5.82 Å². The van der Waals surface area contributed by atoms with Crippen LogP contribution < -0.4 is 4.74 Å². The average molecular weight is 446 g/mol. The van der Waals surface area contributed by atoms with Crippen LogP contribution in [0.3, 0.4) is 0 Å². The molecular weight excluding hydrogens is 423 g/mol. The molecule has 0 saturated carbocycles. The highest BCUT2D eigenvalue weighted by atomic mass is 19.1. The highest BCUT2D eigenvalue weighted by Gasteiger charge is 2.23. The fourth-order valence-corrected chi connectivity index (χ4v) is 3.96. The van der Waals surface area contributed by atoms with Gasteiger partial charge in [0.05, 0.1) is 12.2 Å². The summed E-state index contributed by atoms with van der Waals surface area (Å²) in [6.45, 7) is 3.10. The number of nitrogens with zero attached hydrogens (tertiary/aromatic N) is 6. The van der Waals surface area contributed by atoms with E-state index >= 15 is 0 Å². The van der Waals surface area contributed by atoms with Gasteiger partial charge in [0.2, 0.25) is 0 Å². The van der Waals surface area contributed by atoms with E-state index < -0.39 is 0 Å². The second kappa shape index (κ2) is 9.33. The van der Waals surface area contributed by atoms with Gasteiger partial charge in [-0.15, -0.1) is 5.10 Å². The quantitative estimate of drug-likeness (QED) is 0.453. The van der Waals surface area contributed by atoms with Crippen LogP contribution in [-0.4, -0.2) is 68.7 Å². The molecule has 0 aliphatic carbocycles. The van der Waals surface area contributed by atoms with Gasteiger partial charge < -0.3 is 9.64 Å². The Morgan fingerprint density at radius 1 is 0.939 bits per heavy atom. The van der Waals surface area contributed by atoms with E-state index in [-0.39, 0.29) is 18.3 Å². The van der Waals surface area contributed by atoms with Crippen molar-refractivity contribution in [2.24, 2.45) is 0 Å². The molecular formula is C24H23FN6O2. The van der Waals surface area contributed by atoms with Gasteiger partial charge in [0, 0.05) is 26.2 Å². The molecule has 2 heterocycles. The van der Waals surface area contributed by atoms with Gasteiger partial charge in [-0.25, -0.2) is 4.39 Å². The Morgan fingerprint density at radius 2 is 1.76 bits per heavy atom. The van der Waals surface area contributed by atoms with Crippen LogP contribution >= 0.6 is 0 Å². The second-order valence-electron chi connectivity index (χ2n) is 7.94. The van der Waals surface area contributed by atoms with E-state index in [1.165, 1.54) is 16.8 Å². The largest absolute Gasteiger partial charge is 0.484 e. The van der Waals surface area contributed by atoms with E-state index in [9.17, 15) is 9.18 Å². The number of hydrogen-bond donors (Lipinski definition) is 0. The summed E-state index contributed by atoms with van der Waals surface area (Å²) in [6.07, 6.45) is 0. The molecule has 0 radical (unpaired) electrons. The van der Waals surface area contributed by atoms with E-state index in [4.69, 9.17) is 4.74 Å². The number of carbonyl (C=O) groups excluding carboxylic acids is 1. The standard InChI is InChI=1S/C24H23FN6O2/c25-20-6-3-7-21(15-20)31-23(26-27-28-31)16-29-10-12-30(13-11-29)24(32)17-33-22-9-8-18-4-1-2-5-19(18)14-22/h1-9,14-15H,10-13,16-17H2. The predicted molar refractivity (Wildman–Crippen MR) is 120 cm³/mol. The maximum atomic E-state index is 13.6. The van der Waals surface area contributed by atoms with Crippen molar-refractivity contribution in [1.29, 1.82) is 0 Å². The van der Waals surface area contributed by atoms with Gasteiger partial charge in [0.15, 0.2) is 12.4 Å². The number of carbonyl (C=O) groups is 1. The molecule has 9 heteroatoms. The molecule has 0 spiro atoms. The monoisotopic (exact) mass is 446 g/mol. The molecule has 1 aliphatic heterocycles. The molecule has 0 unspecified atom stereocenters. The summed E-state index contributed by atoms with van der Waals surface area (Å²) in [7, 11) is 0. The third-order valence-corrected chi connectivity index (χ3v) is 5.76. The van der Waals surface area contributed by atoms with E-state index in [0.717, 1.165) is 10.8 Å². The molecule has 1 aliphatic rings. The first-order chi connectivity index (χ1) is 16.2. The van der Waals surface area contributed by atoms with Crippen LogP contribution in [0.25, 0.3) is 16.5 Å². The number of ether oxygens (including phenoxy) is 1. The molecule has 1 amide bonds. The normalized spacial score (nSPS) is 14.5. The smallest absolute Gasteiger partial charge is 0.260 e. The number of hydrogen-bond acceptors (Lipinski definition) is 6. The minimum absolute atomic E-state index is 0.0101. The Hall–Kier alpha value is -3.85. The molecule has 1 aromatic heterocycles. The minimum atomic E-state index is -0.341. The fourth-order valence-electron chi connectivity index (χ4n) is 3.96. The average Bonchev–Trinajstić information content (AvgIpc) is 3.31. The zero-order chi connectivity index (χ0) is 22.6. The van der Waals surface area contributed by atoms with E-state index in [1.54, 1.807) is 12.1 Å². The van der Waals surface area contributed by atoms with Gasteiger partial charge in [0.1, 0.15) is 11.6 Å². The van der Waals surface area contributed by atoms with Gasteiger partial charge in [-0.05, 0) is 51.5 Å². The van der Waals surface area contributed by atoms with E-state index in [0.29, 0.717) is 50.0 Å². The maximum Gasteiger partial charge on any atom is 0.260 e. The van der Waals surface area contributed by atoms with Crippen LogP contribution in [0, 0.1) is 5.82 Å². The van der Waals surface area contributed by atoms with Crippen LogP contribution in [0.5, 0.6) is 5.75 Å². The van der Waals surface area contributed by atoms with Crippen LogP contribution in [-0.2, 0) is 11.3 Å². The van der Waals surface area contributed by atoms with Crippen molar-refractivity contribution in [3.05, 3.63) is 78.4 Å². The molecule has 0 bridgehead atoms. The molecule has 0 atom stereocenters. The fraction of sp³-hybridized carbons (Fsp3) is 0.250. The summed E-state index contributed by atoms with van der Waals surface area (Å²) in [4.78, 5) is 16.6. The summed E-state index contributed by atoms with van der Waals surface area (Å²) in [5.41, 5.74) is 0.578. The van der Waals surface area contributed by atoms with Gasteiger partial charge in [0.25, 0.3) is 5.91 Å². The predicted octanol–water partition coefficient (Wildman–Crippen LogP) is 2.68. The first-order valence-corrected chi connectivity index (χ1v) is 10.8. The van der Waals surface area contributed by atoms with Crippen LogP contribution in [0.2, 0.25) is 0 Å². The number of fused-ring (bicyclic) bond motifs is 1. The second-order valence-corrected chi connectivity index (χ2v) is 7.94. The number of aromatic nitrogens is 4.